The monoisotopic (exact) mass is 279 g/mol. The molecule has 0 saturated carbocycles. The van der Waals surface area contributed by atoms with Gasteiger partial charge in [0.15, 0.2) is 0 Å². The number of nitrogens with two attached hydrogens (primary N) is 1. The van der Waals surface area contributed by atoms with Gasteiger partial charge in [-0.3, -0.25) is 4.79 Å². The molecule has 2 aromatic rings. The first kappa shape index (κ1) is 14.6. The zero-order chi connectivity index (χ0) is 15.6. The van der Waals surface area contributed by atoms with Crippen LogP contribution >= 0.6 is 0 Å². The molecule has 0 heterocycles. The van der Waals surface area contributed by atoms with Gasteiger partial charge in [-0.15, -0.1) is 0 Å². The SMILES string of the molecule is Cc1cc(C)c(C(=O)Nc2ccc(C#N)cc2N)c(C)c1. The van der Waals surface area contributed by atoms with Gasteiger partial charge in [0.2, 0.25) is 0 Å². The molecule has 21 heavy (non-hydrogen) atoms. The van der Waals surface area contributed by atoms with Crippen LogP contribution < -0.4 is 11.1 Å². The summed E-state index contributed by atoms with van der Waals surface area (Å²) < 4.78 is 0. The third-order valence-electron chi connectivity index (χ3n) is 3.33. The fraction of sp³-hybridized carbons (Fsp3) is 0.176. The maximum Gasteiger partial charge on any atom is 0.256 e. The smallest absolute Gasteiger partial charge is 0.256 e. The first-order valence-electron chi connectivity index (χ1n) is 6.61. The Morgan fingerprint density at radius 1 is 1.14 bits per heavy atom. The maximum atomic E-state index is 12.4. The molecule has 2 aromatic carbocycles. The van der Waals surface area contributed by atoms with Crippen molar-refractivity contribution in [1.29, 1.82) is 5.26 Å². The van der Waals surface area contributed by atoms with Gasteiger partial charge in [0.05, 0.1) is 23.0 Å². The van der Waals surface area contributed by atoms with Crippen LogP contribution in [0.2, 0.25) is 0 Å². The molecular weight excluding hydrogens is 262 g/mol. The average Bonchev–Trinajstić information content (AvgIpc) is 2.39. The molecule has 0 atom stereocenters. The second kappa shape index (κ2) is 5.68. The molecule has 0 bridgehead atoms. The second-order valence-corrected chi connectivity index (χ2v) is 5.14. The van der Waals surface area contributed by atoms with Crippen LogP contribution in [0.25, 0.3) is 0 Å². The van der Waals surface area contributed by atoms with Crippen molar-refractivity contribution in [1.82, 2.24) is 0 Å². The predicted molar refractivity (Wildman–Crippen MR) is 84.2 cm³/mol. The van der Waals surface area contributed by atoms with Gasteiger partial charge < -0.3 is 11.1 Å². The number of benzene rings is 2. The normalized spacial score (nSPS) is 10.0. The van der Waals surface area contributed by atoms with Crippen molar-refractivity contribution in [2.45, 2.75) is 20.8 Å². The summed E-state index contributed by atoms with van der Waals surface area (Å²) in [5.41, 5.74) is 10.9. The molecule has 0 aliphatic heterocycles. The number of carbonyl (C=O) groups is 1. The first-order chi connectivity index (χ1) is 9.92. The molecule has 0 radical (unpaired) electrons. The summed E-state index contributed by atoms with van der Waals surface area (Å²) in [4.78, 5) is 12.4. The lowest BCUT2D eigenvalue weighted by Crippen LogP contribution is -2.16. The summed E-state index contributed by atoms with van der Waals surface area (Å²) in [6.07, 6.45) is 0. The van der Waals surface area contributed by atoms with E-state index in [-0.39, 0.29) is 5.91 Å². The minimum Gasteiger partial charge on any atom is -0.397 e. The lowest BCUT2D eigenvalue weighted by molar-refractivity contribution is 0.102. The maximum absolute atomic E-state index is 12.4. The number of nitrogens with zero attached hydrogens (tertiary/aromatic N) is 1. The number of aryl methyl sites for hydroxylation is 3. The Labute approximate surface area is 124 Å². The second-order valence-electron chi connectivity index (χ2n) is 5.14. The van der Waals surface area contributed by atoms with Crippen molar-refractivity contribution < 1.29 is 4.79 Å². The van der Waals surface area contributed by atoms with E-state index in [9.17, 15) is 4.79 Å². The number of carbonyl (C=O) groups excluding carboxylic acids is 1. The fourth-order valence-electron chi connectivity index (χ4n) is 2.47. The van der Waals surface area contributed by atoms with E-state index >= 15 is 0 Å². The number of nitrogen functional groups attached to an aromatic ring is 1. The van der Waals surface area contributed by atoms with Crippen LogP contribution in [0.5, 0.6) is 0 Å². The third-order valence-corrected chi connectivity index (χ3v) is 3.33. The Bertz CT molecular complexity index is 734. The van der Waals surface area contributed by atoms with E-state index < -0.39 is 0 Å². The van der Waals surface area contributed by atoms with Crippen LogP contribution in [-0.2, 0) is 0 Å². The van der Waals surface area contributed by atoms with Crippen LogP contribution in [0.3, 0.4) is 0 Å². The molecule has 0 spiro atoms. The fourth-order valence-corrected chi connectivity index (χ4v) is 2.47. The van der Waals surface area contributed by atoms with Crippen LogP contribution in [0.15, 0.2) is 30.3 Å². The molecule has 0 aromatic heterocycles. The number of amides is 1. The summed E-state index contributed by atoms with van der Waals surface area (Å²) >= 11 is 0. The van der Waals surface area contributed by atoms with Gasteiger partial charge in [-0.25, -0.2) is 0 Å². The van der Waals surface area contributed by atoms with Crippen molar-refractivity contribution in [3.8, 4) is 6.07 Å². The Kier molecular flexibility index (Phi) is 3.95. The number of rotatable bonds is 2. The van der Waals surface area contributed by atoms with Gasteiger partial charge in [-0.1, -0.05) is 17.7 Å². The topological polar surface area (TPSA) is 78.9 Å². The lowest BCUT2D eigenvalue weighted by Gasteiger charge is -2.13. The highest BCUT2D eigenvalue weighted by Gasteiger charge is 2.14. The molecule has 4 heteroatoms. The third kappa shape index (κ3) is 3.03. The number of hydrogen-bond acceptors (Lipinski definition) is 3. The van der Waals surface area contributed by atoms with E-state index in [0.29, 0.717) is 22.5 Å². The quantitative estimate of drug-likeness (QED) is 0.828. The van der Waals surface area contributed by atoms with E-state index in [1.54, 1.807) is 18.2 Å². The van der Waals surface area contributed by atoms with Gasteiger partial charge >= 0.3 is 0 Å². The van der Waals surface area contributed by atoms with Crippen LogP contribution in [0, 0.1) is 32.1 Å². The summed E-state index contributed by atoms with van der Waals surface area (Å²) in [6.45, 7) is 5.83. The standard InChI is InChI=1S/C17H17N3O/c1-10-6-11(2)16(12(3)7-10)17(21)20-15-5-4-13(9-18)8-14(15)19/h4-8H,19H2,1-3H3,(H,20,21). The summed E-state index contributed by atoms with van der Waals surface area (Å²) in [5.74, 6) is -0.193. The molecule has 0 fully saturated rings. The van der Waals surface area contributed by atoms with Gasteiger partial charge in [0.25, 0.3) is 5.91 Å². The highest BCUT2D eigenvalue weighted by atomic mass is 16.1. The van der Waals surface area contributed by atoms with Crippen molar-refractivity contribution in [2.75, 3.05) is 11.1 Å². The molecule has 4 nitrogen and oxygen atoms in total. The summed E-state index contributed by atoms with van der Waals surface area (Å²) in [7, 11) is 0. The Morgan fingerprint density at radius 3 is 2.29 bits per heavy atom. The van der Waals surface area contributed by atoms with Gasteiger partial charge in [-0.05, 0) is 50.1 Å². The van der Waals surface area contributed by atoms with Crippen LogP contribution in [0.4, 0.5) is 11.4 Å². The number of anilines is 2. The first-order valence-corrected chi connectivity index (χ1v) is 6.61. The number of nitriles is 1. The number of hydrogen-bond donors (Lipinski definition) is 2. The van der Waals surface area contributed by atoms with Crippen molar-refractivity contribution in [2.24, 2.45) is 0 Å². The molecule has 3 N–H and O–H groups in total. The van der Waals surface area contributed by atoms with E-state index in [4.69, 9.17) is 11.0 Å². The van der Waals surface area contributed by atoms with Crippen LogP contribution in [-0.4, -0.2) is 5.91 Å². The van der Waals surface area contributed by atoms with Gasteiger partial charge in [0, 0.05) is 5.56 Å². The molecular formula is C17H17N3O. The molecule has 0 unspecified atom stereocenters. The highest BCUT2D eigenvalue weighted by Crippen LogP contribution is 2.22. The lowest BCUT2D eigenvalue weighted by atomic mass is 9.99. The Balaban J connectivity index is 2.33. The summed E-state index contributed by atoms with van der Waals surface area (Å²) in [6, 6.07) is 10.8. The van der Waals surface area contributed by atoms with Gasteiger partial charge in [-0.2, -0.15) is 5.26 Å². The van der Waals surface area contributed by atoms with Crippen molar-refractivity contribution in [3.63, 3.8) is 0 Å². The van der Waals surface area contributed by atoms with E-state index in [2.05, 4.69) is 5.32 Å². The van der Waals surface area contributed by atoms with E-state index in [1.807, 2.05) is 39.0 Å². The van der Waals surface area contributed by atoms with Crippen molar-refractivity contribution in [3.05, 3.63) is 58.1 Å². The van der Waals surface area contributed by atoms with Crippen molar-refractivity contribution >= 4 is 17.3 Å². The molecule has 1 amide bonds. The Morgan fingerprint density at radius 2 is 1.76 bits per heavy atom. The largest absolute Gasteiger partial charge is 0.397 e. The summed E-state index contributed by atoms with van der Waals surface area (Å²) in [5, 5.41) is 11.6. The minimum atomic E-state index is -0.193. The van der Waals surface area contributed by atoms with Gasteiger partial charge in [0.1, 0.15) is 0 Å². The van der Waals surface area contributed by atoms with E-state index in [1.165, 1.54) is 0 Å². The predicted octanol–water partition coefficient (Wildman–Crippen LogP) is 3.32. The molecule has 0 aliphatic carbocycles. The van der Waals surface area contributed by atoms with E-state index in [0.717, 1.165) is 16.7 Å². The zero-order valence-electron chi connectivity index (χ0n) is 12.3. The minimum absolute atomic E-state index is 0.193. The molecule has 106 valence electrons. The Hall–Kier alpha value is -2.80. The average molecular weight is 279 g/mol. The molecule has 0 saturated heterocycles. The number of nitrogens with one attached hydrogen (secondary N) is 1. The van der Waals surface area contributed by atoms with Crippen LogP contribution in [0.1, 0.15) is 32.6 Å². The molecule has 2 rings (SSSR count). The highest BCUT2D eigenvalue weighted by molar-refractivity contribution is 6.07. The zero-order valence-corrected chi connectivity index (χ0v) is 12.3. The molecule has 0 aliphatic rings.